The number of nitrogens with zero attached hydrogens (tertiary/aromatic N) is 3. The molecule has 1 saturated heterocycles. The SMILES string of the molecule is CN1C(=O)C(NC(=S)N2CCC(C(=O)O)CC2)N=C(c2ccccc2Cl)c2cc(Cl)ccc21. The number of carbonyl (C=O) groups excluding carboxylic acids is 1. The number of halogens is 2. The average molecular weight is 505 g/mol. The Morgan fingerprint density at radius 2 is 1.85 bits per heavy atom. The van der Waals surface area contributed by atoms with E-state index in [0.717, 1.165) is 0 Å². The van der Waals surface area contributed by atoms with Crippen LogP contribution in [0.5, 0.6) is 0 Å². The van der Waals surface area contributed by atoms with E-state index in [4.69, 9.17) is 40.4 Å². The van der Waals surface area contributed by atoms with E-state index in [2.05, 4.69) is 5.32 Å². The van der Waals surface area contributed by atoms with Crippen LogP contribution in [0.4, 0.5) is 5.69 Å². The molecule has 0 saturated carbocycles. The number of benzodiazepines with no additional fused rings is 1. The Morgan fingerprint density at radius 3 is 2.52 bits per heavy atom. The number of carbonyl (C=O) groups is 2. The summed E-state index contributed by atoms with van der Waals surface area (Å²) in [5.41, 5.74) is 2.54. The van der Waals surface area contributed by atoms with E-state index in [-0.39, 0.29) is 11.8 Å². The molecule has 2 aliphatic heterocycles. The lowest BCUT2D eigenvalue weighted by molar-refractivity contribution is -0.143. The first-order chi connectivity index (χ1) is 15.8. The van der Waals surface area contributed by atoms with Crippen LogP contribution in [0.15, 0.2) is 47.5 Å². The average Bonchev–Trinajstić information content (AvgIpc) is 2.90. The van der Waals surface area contributed by atoms with Crippen molar-refractivity contribution < 1.29 is 14.7 Å². The molecule has 0 radical (unpaired) electrons. The number of amides is 1. The maximum Gasteiger partial charge on any atom is 0.306 e. The van der Waals surface area contributed by atoms with Crippen LogP contribution in [0.25, 0.3) is 0 Å². The fourth-order valence-corrected chi connectivity index (χ4v) is 4.74. The Kier molecular flexibility index (Phi) is 6.88. The van der Waals surface area contributed by atoms with Gasteiger partial charge in [0.1, 0.15) is 0 Å². The van der Waals surface area contributed by atoms with Crippen molar-refractivity contribution in [3.8, 4) is 0 Å². The van der Waals surface area contributed by atoms with Crippen molar-refractivity contribution >= 4 is 63.8 Å². The van der Waals surface area contributed by atoms with Crippen LogP contribution in [-0.4, -0.2) is 59.0 Å². The largest absolute Gasteiger partial charge is 0.481 e. The summed E-state index contributed by atoms with van der Waals surface area (Å²) >= 11 is 18.3. The number of thiocarbonyl (C=S) groups is 1. The summed E-state index contributed by atoms with van der Waals surface area (Å²) in [6, 6.07) is 12.5. The number of anilines is 1. The minimum Gasteiger partial charge on any atom is -0.481 e. The highest BCUT2D eigenvalue weighted by molar-refractivity contribution is 7.80. The second-order valence-corrected chi connectivity index (χ2v) is 9.20. The van der Waals surface area contributed by atoms with Gasteiger partial charge in [-0.1, -0.05) is 41.4 Å². The first-order valence-corrected chi connectivity index (χ1v) is 11.6. The zero-order chi connectivity index (χ0) is 23.7. The lowest BCUT2D eigenvalue weighted by Gasteiger charge is -2.33. The Balaban J connectivity index is 1.68. The highest BCUT2D eigenvalue weighted by Crippen LogP contribution is 2.32. The Bertz CT molecular complexity index is 1150. The molecule has 1 fully saturated rings. The van der Waals surface area contributed by atoms with Gasteiger partial charge < -0.3 is 20.2 Å². The Hall–Kier alpha value is -2.68. The molecule has 172 valence electrons. The number of carboxylic acid groups (broad SMARTS) is 1. The first-order valence-electron chi connectivity index (χ1n) is 10.4. The van der Waals surface area contributed by atoms with Crippen LogP contribution in [0.1, 0.15) is 24.0 Å². The standard InChI is InChI=1S/C23H22Cl2N4O3S/c1-28-18-7-6-14(24)12-16(18)19(15-4-2-3-5-17(15)25)26-20(21(28)30)27-23(33)29-10-8-13(9-11-29)22(31)32/h2-7,12-13,20H,8-11H2,1H3,(H,27,33)(H,31,32). The molecule has 2 N–H and O–H groups in total. The zero-order valence-electron chi connectivity index (χ0n) is 17.8. The second kappa shape index (κ2) is 9.67. The number of hydrogen-bond acceptors (Lipinski definition) is 4. The number of benzene rings is 2. The molecule has 0 aliphatic carbocycles. The molecule has 4 rings (SSSR count). The van der Waals surface area contributed by atoms with Crippen molar-refractivity contribution in [3.05, 3.63) is 63.6 Å². The lowest BCUT2D eigenvalue weighted by atomic mass is 9.97. The van der Waals surface area contributed by atoms with E-state index >= 15 is 0 Å². The van der Waals surface area contributed by atoms with Crippen LogP contribution in [0, 0.1) is 5.92 Å². The molecule has 0 aromatic heterocycles. The third-order valence-corrected chi connectivity index (χ3v) is 6.86. The number of likely N-dealkylation sites (N-methyl/N-ethyl adjacent to an activating group) is 1. The fourth-order valence-electron chi connectivity index (χ4n) is 4.05. The predicted molar refractivity (Wildman–Crippen MR) is 133 cm³/mol. The molecule has 2 aliphatic rings. The zero-order valence-corrected chi connectivity index (χ0v) is 20.1. The van der Waals surface area contributed by atoms with E-state index in [1.807, 2.05) is 23.1 Å². The highest BCUT2D eigenvalue weighted by atomic mass is 35.5. The number of likely N-dealkylation sites (tertiary alicyclic amines) is 1. The van der Waals surface area contributed by atoms with Crippen LogP contribution >= 0.6 is 35.4 Å². The molecular weight excluding hydrogens is 483 g/mol. The topological polar surface area (TPSA) is 85.2 Å². The van der Waals surface area contributed by atoms with Crippen molar-refractivity contribution in [3.63, 3.8) is 0 Å². The van der Waals surface area contributed by atoms with Gasteiger partial charge >= 0.3 is 5.97 Å². The first kappa shape index (κ1) is 23.5. The molecule has 33 heavy (non-hydrogen) atoms. The van der Waals surface area contributed by atoms with Crippen molar-refractivity contribution in [2.24, 2.45) is 10.9 Å². The van der Waals surface area contributed by atoms with Gasteiger partial charge in [-0.05, 0) is 49.3 Å². The quantitative estimate of drug-likeness (QED) is 0.618. The van der Waals surface area contributed by atoms with E-state index in [1.165, 1.54) is 4.90 Å². The Morgan fingerprint density at radius 1 is 1.15 bits per heavy atom. The molecule has 7 nitrogen and oxygen atoms in total. The number of hydrogen-bond donors (Lipinski definition) is 2. The number of rotatable bonds is 3. The third kappa shape index (κ3) is 4.83. The summed E-state index contributed by atoms with van der Waals surface area (Å²) in [6.45, 7) is 0.993. The lowest BCUT2D eigenvalue weighted by Crippen LogP contribution is -2.52. The normalized spacial score (nSPS) is 18.9. The fraction of sp³-hybridized carbons (Fsp3) is 0.304. The van der Waals surface area contributed by atoms with Crippen LogP contribution in [0.3, 0.4) is 0 Å². The number of carboxylic acids is 1. The number of piperidine rings is 1. The second-order valence-electron chi connectivity index (χ2n) is 7.97. The molecule has 2 aromatic carbocycles. The molecule has 1 amide bonds. The monoisotopic (exact) mass is 504 g/mol. The van der Waals surface area contributed by atoms with Crippen molar-refractivity contribution in [2.45, 2.75) is 19.0 Å². The van der Waals surface area contributed by atoms with Gasteiger partial charge in [-0.3, -0.25) is 9.59 Å². The van der Waals surface area contributed by atoms with E-state index < -0.39 is 12.1 Å². The van der Waals surface area contributed by atoms with Gasteiger partial charge in [0.25, 0.3) is 5.91 Å². The predicted octanol–water partition coefficient (Wildman–Crippen LogP) is 3.80. The summed E-state index contributed by atoms with van der Waals surface area (Å²) < 4.78 is 0. The molecule has 2 aromatic rings. The molecule has 1 atom stereocenters. The molecule has 10 heteroatoms. The molecule has 2 heterocycles. The number of aliphatic imine (C=N–C) groups is 1. The molecule has 1 unspecified atom stereocenters. The van der Waals surface area contributed by atoms with Crippen molar-refractivity contribution in [1.82, 2.24) is 10.2 Å². The number of aliphatic carboxylic acids is 1. The molecule has 0 spiro atoms. The van der Waals surface area contributed by atoms with E-state index in [1.54, 1.807) is 31.3 Å². The summed E-state index contributed by atoms with van der Waals surface area (Å²) in [5.74, 6) is -1.46. The summed E-state index contributed by atoms with van der Waals surface area (Å²) in [5, 5.41) is 13.7. The summed E-state index contributed by atoms with van der Waals surface area (Å²) in [6.07, 6.45) is -0.00115. The van der Waals surface area contributed by atoms with Crippen LogP contribution in [-0.2, 0) is 9.59 Å². The minimum atomic E-state index is -0.989. The maximum absolute atomic E-state index is 13.3. The maximum atomic E-state index is 13.3. The van der Waals surface area contributed by atoms with Gasteiger partial charge in [0.15, 0.2) is 5.11 Å². The number of fused-ring (bicyclic) bond motifs is 1. The Labute approximate surface area is 207 Å². The highest BCUT2D eigenvalue weighted by Gasteiger charge is 2.33. The summed E-state index contributed by atoms with van der Waals surface area (Å²) in [4.78, 5) is 32.8. The van der Waals surface area contributed by atoms with Gasteiger partial charge in [0, 0.05) is 41.3 Å². The van der Waals surface area contributed by atoms with Crippen LogP contribution in [0.2, 0.25) is 10.0 Å². The van der Waals surface area contributed by atoms with Crippen molar-refractivity contribution in [1.29, 1.82) is 0 Å². The smallest absolute Gasteiger partial charge is 0.306 e. The van der Waals surface area contributed by atoms with Gasteiger partial charge in [0.2, 0.25) is 6.17 Å². The molecule has 0 bridgehead atoms. The summed E-state index contributed by atoms with van der Waals surface area (Å²) in [7, 11) is 1.68. The van der Waals surface area contributed by atoms with E-state index in [0.29, 0.717) is 63.6 Å². The van der Waals surface area contributed by atoms with Gasteiger partial charge in [0.05, 0.1) is 17.3 Å². The van der Waals surface area contributed by atoms with Crippen molar-refractivity contribution in [2.75, 3.05) is 25.0 Å². The van der Waals surface area contributed by atoms with Crippen LogP contribution < -0.4 is 10.2 Å². The van der Waals surface area contributed by atoms with E-state index in [9.17, 15) is 14.7 Å². The van der Waals surface area contributed by atoms with Gasteiger partial charge in [-0.2, -0.15) is 0 Å². The third-order valence-electron chi connectivity index (χ3n) is 5.92. The minimum absolute atomic E-state index is 0.289. The van der Waals surface area contributed by atoms with Gasteiger partial charge in [-0.15, -0.1) is 0 Å². The number of nitrogens with one attached hydrogen (secondary N) is 1. The molecular formula is C23H22Cl2N4O3S. The van der Waals surface area contributed by atoms with Gasteiger partial charge in [-0.25, -0.2) is 4.99 Å².